The summed E-state index contributed by atoms with van der Waals surface area (Å²) in [7, 11) is 6.04. The Balaban J connectivity index is 1.80. The third-order valence-corrected chi connectivity index (χ3v) is 4.02. The molecule has 1 aromatic carbocycles. The van der Waals surface area contributed by atoms with Gasteiger partial charge in [0.25, 0.3) is 0 Å². The first-order chi connectivity index (χ1) is 12.6. The van der Waals surface area contributed by atoms with Gasteiger partial charge in [-0.3, -0.25) is 0 Å². The summed E-state index contributed by atoms with van der Waals surface area (Å²) in [5, 5.41) is 0. The maximum Gasteiger partial charge on any atom is 0.128 e. The Labute approximate surface area is 155 Å². The van der Waals surface area contributed by atoms with Crippen molar-refractivity contribution in [3.8, 4) is 11.1 Å². The average molecular weight is 361 g/mol. The van der Waals surface area contributed by atoms with Gasteiger partial charge in [0.15, 0.2) is 0 Å². The number of halogens is 1. The maximum absolute atomic E-state index is 11.9. The molecule has 2 rings (SSSR count). The van der Waals surface area contributed by atoms with Gasteiger partial charge in [-0.2, -0.15) is 0 Å². The van der Waals surface area contributed by atoms with Crippen molar-refractivity contribution < 1.29 is 13.9 Å². The number of hydrogen-bond acceptors (Lipinski definition) is 5. The average Bonchev–Trinajstić information content (AvgIpc) is 2.67. The molecule has 0 bridgehead atoms. The third kappa shape index (κ3) is 6.28. The quantitative estimate of drug-likeness (QED) is 0.575. The lowest BCUT2D eigenvalue weighted by Crippen LogP contribution is -2.24. The van der Waals surface area contributed by atoms with E-state index in [4.69, 9.17) is 9.47 Å². The molecule has 0 N–H and O–H groups in total. The Morgan fingerprint density at radius 2 is 1.50 bits per heavy atom. The fraction of sp³-hybridized carbons (Fsp3) is 0.450. The minimum absolute atomic E-state index is 0.136. The highest BCUT2D eigenvalue weighted by atomic mass is 19.1. The zero-order chi connectivity index (χ0) is 18.8. The summed E-state index contributed by atoms with van der Waals surface area (Å²) in [5.74, 6) is 0.899. The number of benzene rings is 1. The topological polar surface area (TPSA) is 37.8 Å². The van der Waals surface area contributed by atoms with Crippen molar-refractivity contribution in [1.29, 1.82) is 0 Å². The smallest absolute Gasteiger partial charge is 0.128 e. The fourth-order valence-corrected chi connectivity index (χ4v) is 2.43. The van der Waals surface area contributed by atoms with Crippen molar-refractivity contribution in [2.24, 2.45) is 0 Å². The number of ether oxygens (including phenoxy) is 2. The fourth-order valence-electron chi connectivity index (χ4n) is 2.43. The molecule has 1 aromatic heterocycles. The summed E-state index contributed by atoms with van der Waals surface area (Å²) in [5.41, 5.74) is 3.41. The van der Waals surface area contributed by atoms with Crippen LogP contribution in [-0.2, 0) is 9.47 Å². The molecule has 0 atom stereocenters. The van der Waals surface area contributed by atoms with E-state index in [1.807, 2.05) is 38.3 Å². The molecule has 0 saturated carbocycles. The predicted octanol–water partition coefficient (Wildman–Crippen LogP) is 3.25. The van der Waals surface area contributed by atoms with Gasteiger partial charge >= 0.3 is 0 Å². The Bertz CT molecular complexity index is 633. The lowest BCUT2D eigenvalue weighted by atomic mass is 10.1. The number of pyridine rings is 1. The maximum atomic E-state index is 11.9. The van der Waals surface area contributed by atoms with Crippen molar-refractivity contribution in [3.63, 3.8) is 0 Å². The van der Waals surface area contributed by atoms with Crippen LogP contribution in [-0.4, -0.2) is 65.8 Å². The molecule has 0 radical (unpaired) electrons. The van der Waals surface area contributed by atoms with Crippen molar-refractivity contribution in [3.05, 3.63) is 42.6 Å². The van der Waals surface area contributed by atoms with Crippen molar-refractivity contribution in [1.82, 2.24) is 4.98 Å². The second-order valence-corrected chi connectivity index (χ2v) is 6.18. The van der Waals surface area contributed by atoms with Crippen molar-refractivity contribution in [2.75, 3.05) is 70.6 Å². The van der Waals surface area contributed by atoms with Gasteiger partial charge in [0.2, 0.25) is 0 Å². The van der Waals surface area contributed by atoms with Crippen molar-refractivity contribution >= 4 is 11.5 Å². The summed E-state index contributed by atoms with van der Waals surface area (Å²) in [6, 6.07) is 12.5. The van der Waals surface area contributed by atoms with Gasteiger partial charge in [0.05, 0.1) is 26.4 Å². The van der Waals surface area contributed by atoms with Gasteiger partial charge in [-0.05, 0) is 29.8 Å². The Morgan fingerprint density at radius 1 is 0.846 bits per heavy atom. The second-order valence-electron chi connectivity index (χ2n) is 6.18. The van der Waals surface area contributed by atoms with Crippen LogP contribution in [0.2, 0.25) is 0 Å². The van der Waals surface area contributed by atoms with Gasteiger partial charge in [0.1, 0.15) is 12.5 Å². The van der Waals surface area contributed by atoms with E-state index in [1.54, 1.807) is 0 Å². The van der Waals surface area contributed by atoms with Gasteiger partial charge < -0.3 is 19.3 Å². The molecular formula is C20H28FN3O2. The minimum Gasteiger partial charge on any atom is -0.378 e. The van der Waals surface area contributed by atoms with E-state index in [0.29, 0.717) is 19.8 Å². The number of alkyl halides is 1. The largest absolute Gasteiger partial charge is 0.378 e. The van der Waals surface area contributed by atoms with E-state index in [9.17, 15) is 4.39 Å². The summed E-state index contributed by atoms with van der Waals surface area (Å²) >= 11 is 0. The molecule has 142 valence electrons. The van der Waals surface area contributed by atoms with E-state index in [1.165, 1.54) is 5.69 Å². The molecule has 0 spiro atoms. The molecule has 0 amide bonds. The molecule has 0 aliphatic rings. The van der Waals surface area contributed by atoms with Crippen LogP contribution in [0.15, 0.2) is 42.6 Å². The van der Waals surface area contributed by atoms with Crippen LogP contribution >= 0.6 is 0 Å². The molecular weight excluding hydrogens is 333 g/mol. The number of nitrogens with zero attached hydrogens (tertiary/aromatic N) is 3. The lowest BCUT2D eigenvalue weighted by molar-refractivity contribution is 0.0453. The van der Waals surface area contributed by atoms with Crippen LogP contribution in [0.5, 0.6) is 0 Å². The summed E-state index contributed by atoms with van der Waals surface area (Å²) in [4.78, 5) is 8.67. The Morgan fingerprint density at radius 3 is 2.08 bits per heavy atom. The van der Waals surface area contributed by atoms with Crippen LogP contribution in [0.4, 0.5) is 15.9 Å². The zero-order valence-electron chi connectivity index (χ0n) is 15.8. The number of anilines is 2. The summed E-state index contributed by atoms with van der Waals surface area (Å²) in [6.45, 7) is 1.88. The molecule has 0 unspecified atom stereocenters. The molecule has 5 nitrogen and oxygen atoms in total. The van der Waals surface area contributed by atoms with Gasteiger partial charge in [-0.25, -0.2) is 9.37 Å². The lowest BCUT2D eigenvalue weighted by Gasteiger charge is -2.18. The van der Waals surface area contributed by atoms with Crippen molar-refractivity contribution in [2.45, 2.75) is 0 Å². The number of aromatic nitrogens is 1. The molecule has 6 heteroatoms. The van der Waals surface area contributed by atoms with Crippen LogP contribution in [0.1, 0.15) is 0 Å². The molecule has 0 aliphatic carbocycles. The minimum atomic E-state index is -0.454. The molecule has 1 heterocycles. The zero-order valence-corrected chi connectivity index (χ0v) is 15.8. The predicted molar refractivity (Wildman–Crippen MR) is 105 cm³/mol. The SMILES string of the molecule is CN(C)c1ccc(-c2ccc(N(C)CCOCCOCCF)nc2)cc1. The number of rotatable bonds is 11. The van der Waals surface area contributed by atoms with Crippen LogP contribution in [0, 0.1) is 0 Å². The normalized spacial score (nSPS) is 10.8. The molecule has 0 fully saturated rings. The first-order valence-corrected chi connectivity index (χ1v) is 8.78. The first kappa shape index (κ1) is 20.1. The van der Waals surface area contributed by atoms with E-state index in [-0.39, 0.29) is 6.61 Å². The van der Waals surface area contributed by atoms with Gasteiger partial charge in [-0.1, -0.05) is 12.1 Å². The van der Waals surface area contributed by atoms with Crippen LogP contribution < -0.4 is 9.80 Å². The Hall–Kier alpha value is -2.18. The molecule has 2 aromatic rings. The van der Waals surface area contributed by atoms with E-state index >= 15 is 0 Å². The second kappa shape index (κ2) is 10.7. The number of hydrogen-bond donors (Lipinski definition) is 0. The molecule has 0 saturated heterocycles. The highest BCUT2D eigenvalue weighted by Gasteiger charge is 2.04. The third-order valence-electron chi connectivity index (χ3n) is 4.02. The Kier molecular flexibility index (Phi) is 8.31. The highest BCUT2D eigenvalue weighted by Crippen LogP contribution is 2.23. The standard InChI is InChI=1S/C20H28FN3O2/c1-23(2)19-7-4-17(5-8-19)18-6-9-20(22-16-18)24(3)11-13-26-15-14-25-12-10-21/h4-9,16H,10-15H2,1-3H3. The molecule has 0 aliphatic heterocycles. The first-order valence-electron chi connectivity index (χ1n) is 8.78. The summed E-state index contributed by atoms with van der Waals surface area (Å²) < 4.78 is 22.4. The van der Waals surface area contributed by atoms with Gasteiger partial charge in [-0.15, -0.1) is 0 Å². The number of likely N-dealkylation sites (N-methyl/N-ethyl adjacent to an activating group) is 1. The van der Waals surface area contributed by atoms with Crippen LogP contribution in [0.3, 0.4) is 0 Å². The monoisotopic (exact) mass is 361 g/mol. The van der Waals surface area contributed by atoms with Crippen LogP contribution in [0.25, 0.3) is 11.1 Å². The summed E-state index contributed by atoms with van der Waals surface area (Å²) in [6.07, 6.45) is 1.89. The van der Waals surface area contributed by atoms with E-state index in [0.717, 1.165) is 23.5 Å². The van der Waals surface area contributed by atoms with E-state index in [2.05, 4.69) is 40.2 Å². The van der Waals surface area contributed by atoms with E-state index < -0.39 is 6.67 Å². The van der Waals surface area contributed by atoms with Gasteiger partial charge in [0, 0.05) is 45.1 Å². The molecule has 26 heavy (non-hydrogen) atoms. The highest BCUT2D eigenvalue weighted by molar-refractivity contribution is 5.66.